The van der Waals surface area contributed by atoms with Crippen molar-refractivity contribution in [1.29, 1.82) is 0 Å². The lowest BCUT2D eigenvalue weighted by molar-refractivity contribution is -0.415. The van der Waals surface area contributed by atoms with E-state index in [1.54, 1.807) is 6.08 Å². The molecule has 5 heteroatoms. The van der Waals surface area contributed by atoms with Crippen LogP contribution in [0.2, 0.25) is 0 Å². The first-order valence-electron chi connectivity index (χ1n) is 8.63. The highest BCUT2D eigenvalue weighted by Crippen LogP contribution is 2.46. The second-order valence-electron chi connectivity index (χ2n) is 7.62. The first-order valence-corrected chi connectivity index (χ1v) is 8.63. The largest absolute Gasteiger partial charge is 0.396 e. The lowest BCUT2D eigenvalue weighted by Gasteiger charge is -2.56. The van der Waals surface area contributed by atoms with Gasteiger partial charge in [0.05, 0.1) is 12.2 Å². The van der Waals surface area contributed by atoms with Gasteiger partial charge in [0.1, 0.15) is 6.10 Å². The van der Waals surface area contributed by atoms with Gasteiger partial charge in [0.15, 0.2) is 11.6 Å². The van der Waals surface area contributed by atoms with Crippen LogP contribution in [0.3, 0.4) is 0 Å². The molecule has 0 aromatic rings. The van der Waals surface area contributed by atoms with Crippen molar-refractivity contribution in [3.63, 3.8) is 0 Å². The molecular formula is C18H32O5. The maximum atomic E-state index is 11.0. The smallest absolute Gasteiger partial charge is 0.172 e. The van der Waals surface area contributed by atoms with Gasteiger partial charge in [-0.05, 0) is 32.1 Å². The predicted molar refractivity (Wildman–Crippen MR) is 87.7 cm³/mol. The molecule has 0 bridgehead atoms. The van der Waals surface area contributed by atoms with Crippen LogP contribution in [-0.4, -0.2) is 46.7 Å². The van der Waals surface area contributed by atoms with Gasteiger partial charge in [-0.2, -0.15) is 0 Å². The predicted octanol–water partition coefficient (Wildman–Crippen LogP) is 2.46. The minimum atomic E-state index is -1.26. The Balaban J connectivity index is 2.33. The van der Waals surface area contributed by atoms with Crippen LogP contribution in [0.1, 0.15) is 47.5 Å². The zero-order valence-corrected chi connectivity index (χ0v) is 15.0. The Morgan fingerprint density at radius 2 is 1.83 bits per heavy atom. The maximum Gasteiger partial charge on any atom is 0.172 e. The average molecular weight is 328 g/mol. The zero-order valence-electron chi connectivity index (χ0n) is 15.0. The molecule has 5 nitrogen and oxygen atoms in total. The summed E-state index contributed by atoms with van der Waals surface area (Å²) in [7, 11) is 0. The molecule has 0 spiro atoms. The van der Waals surface area contributed by atoms with E-state index < -0.39 is 11.6 Å². The summed E-state index contributed by atoms with van der Waals surface area (Å²) >= 11 is 0. The summed E-state index contributed by atoms with van der Waals surface area (Å²) in [5.41, 5.74) is 0. The number of aliphatic hydroxyl groups is 2. The fourth-order valence-electron chi connectivity index (χ4n) is 3.83. The molecule has 7 atom stereocenters. The Morgan fingerprint density at radius 3 is 2.39 bits per heavy atom. The SMILES string of the molecule is C=CC[C@@]1(O)O[C@@H]2[C@H](OC(C)(C)O[C@H]2[C@H](C)CCO)[C@@H](C)[C@@H]1C. The zero-order chi connectivity index (χ0) is 17.4. The van der Waals surface area contributed by atoms with Gasteiger partial charge in [-0.25, -0.2) is 0 Å². The third-order valence-corrected chi connectivity index (χ3v) is 5.43. The minimum absolute atomic E-state index is 0.0792. The van der Waals surface area contributed by atoms with Gasteiger partial charge < -0.3 is 24.4 Å². The molecule has 2 N–H and O–H groups in total. The Kier molecular flexibility index (Phi) is 5.58. The van der Waals surface area contributed by atoms with Crippen molar-refractivity contribution in [1.82, 2.24) is 0 Å². The highest BCUT2D eigenvalue weighted by Gasteiger charge is 2.57. The van der Waals surface area contributed by atoms with E-state index in [4.69, 9.17) is 14.2 Å². The third kappa shape index (κ3) is 3.64. The highest BCUT2D eigenvalue weighted by atomic mass is 16.7. The van der Waals surface area contributed by atoms with Crippen LogP contribution >= 0.6 is 0 Å². The first-order chi connectivity index (χ1) is 10.6. The minimum Gasteiger partial charge on any atom is -0.396 e. The molecule has 0 aromatic carbocycles. The van der Waals surface area contributed by atoms with E-state index in [2.05, 4.69) is 13.5 Å². The molecular weight excluding hydrogens is 296 g/mol. The van der Waals surface area contributed by atoms with Crippen molar-refractivity contribution < 1.29 is 24.4 Å². The molecule has 0 unspecified atom stereocenters. The van der Waals surface area contributed by atoms with Crippen molar-refractivity contribution in [2.45, 2.75) is 77.3 Å². The van der Waals surface area contributed by atoms with E-state index in [1.807, 2.05) is 27.7 Å². The molecule has 2 rings (SSSR count). The molecule has 2 aliphatic heterocycles. The van der Waals surface area contributed by atoms with Crippen molar-refractivity contribution in [2.24, 2.45) is 17.8 Å². The second kappa shape index (κ2) is 6.81. The highest BCUT2D eigenvalue weighted by molar-refractivity contribution is 5.01. The molecule has 134 valence electrons. The van der Waals surface area contributed by atoms with Crippen LogP contribution in [0.4, 0.5) is 0 Å². The summed E-state index contributed by atoms with van der Waals surface area (Å²) in [5.74, 6) is -1.83. The normalized spacial score (nSPS) is 44.4. The van der Waals surface area contributed by atoms with E-state index in [0.29, 0.717) is 12.8 Å². The maximum absolute atomic E-state index is 11.0. The van der Waals surface area contributed by atoms with Gasteiger partial charge in [0, 0.05) is 18.9 Å². The van der Waals surface area contributed by atoms with Crippen LogP contribution < -0.4 is 0 Å². The molecule has 0 aliphatic carbocycles. The summed E-state index contributed by atoms with van der Waals surface area (Å²) in [5, 5.41) is 20.2. The third-order valence-electron chi connectivity index (χ3n) is 5.43. The number of ether oxygens (including phenoxy) is 3. The van der Waals surface area contributed by atoms with E-state index in [1.165, 1.54) is 0 Å². The molecule has 2 aliphatic rings. The number of hydrogen-bond donors (Lipinski definition) is 2. The molecule has 0 aromatic heterocycles. The van der Waals surface area contributed by atoms with E-state index in [9.17, 15) is 10.2 Å². The number of hydrogen-bond acceptors (Lipinski definition) is 5. The summed E-state index contributed by atoms with van der Waals surface area (Å²) in [6.07, 6.45) is 1.93. The molecule has 2 saturated heterocycles. The number of fused-ring (bicyclic) bond motifs is 1. The average Bonchev–Trinajstić information content (AvgIpc) is 2.46. The molecule has 2 heterocycles. The molecule has 0 amide bonds. The van der Waals surface area contributed by atoms with Crippen LogP contribution in [0.25, 0.3) is 0 Å². The Morgan fingerprint density at radius 1 is 1.17 bits per heavy atom. The van der Waals surface area contributed by atoms with Gasteiger partial charge in [0.2, 0.25) is 0 Å². The Labute approximate surface area is 139 Å². The molecule has 2 fully saturated rings. The van der Waals surface area contributed by atoms with Gasteiger partial charge in [-0.3, -0.25) is 0 Å². The Hall–Kier alpha value is -0.460. The van der Waals surface area contributed by atoms with E-state index in [-0.39, 0.29) is 42.7 Å². The van der Waals surface area contributed by atoms with Crippen LogP contribution in [0.15, 0.2) is 12.7 Å². The Bertz CT molecular complexity index is 424. The van der Waals surface area contributed by atoms with Crippen LogP contribution in [0.5, 0.6) is 0 Å². The van der Waals surface area contributed by atoms with E-state index in [0.717, 1.165) is 0 Å². The summed E-state index contributed by atoms with van der Waals surface area (Å²) in [6, 6.07) is 0. The quantitative estimate of drug-likeness (QED) is 0.759. The standard InChI is InChI=1S/C18H32O5/c1-7-9-18(20)13(4)12(3)15-16(23-18)14(11(2)8-10-19)21-17(5,6)22-15/h7,11-16,19-20H,1,8-10H2,2-6H3/t11-,12+,13+,14+,15-,16+,18-/m1/s1. The first kappa shape index (κ1) is 18.9. The van der Waals surface area contributed by atoms with Gasteiger partial charge in [0.25, 0.3) is 0 Å². The van der Waals surface area contributed by atoms with Crippen LogP contribution in [-0.2, 0) is 14.2 Å². The number of rotatable bonds is 5. The van der Waals surface area contributed by atoms with Crippen LogP contribution in [0, 0.1) is 17.8 Å². The summed E-state index contributed by atoms with van der Waals surface area (Å²) in [4.78, 5) is 0. The molecule has 0 radical (unpaired) electrons. The van der Waals surface area contributed by atoms with Gasteiger partial charge >= 0.3 is 0 Å². The topological polar surface area (TPSA) is 68.2 Å². The molecule has 0 saturated carbocycles. The molecule has 23 heavy (non-hydrogen) atoms. The second-order valence-corrected chi connectivity index (χ2v) is 7.62. The van der Waals surface area contributed by atoms with Crippen molar-refractivity contribution in [2.75, 3.05) is 6.61 Å². The fourth-order valence-corrected chi connectivity index (χ4v) is 3.83. The fraction of sp³-hybridized carbons (Fsp3) is 0.889. The number of aliphatic hydroxyl groups excluding tert-OH is 1. The summed E-state index contributed by atoms with van der Waals surface area (Å²) < 4.78 is 18.4. The van der Waals surface area contributed by atoms with Crippen molar-refractivity contribution in [3.05, 3.63) is 12.7 Å². The van der Waals surface area contributed by atoms with Gasteiger partial charge in [-0.1, -0.05) is 26.8 Å². The summed E-state index contributed by atoms with van der Waals surface area (Å²) in [6.45, 7) is 13.8. The van der Waals surface area contributed by atoms with Gasteiger partial charge in [-0.15, -0.1) is 6.58 Å². The van der Waals surface area contributed by atoms with E-state index >= 15 is 0 Å². The lowest BCUT2D eigenvalue weighted by Crippen LogP contribution is -2.67. The monoisotopic (exact) mass is 328 g/mol. The van der Waals surface area contributed by atoms with Crippen molar-refractivity contribution >= 4 is 0 Å². The lowest BCUT2D eigenvalue weighted by atomic mass is 9.75. The van der Waals surface area contributed by atoms with Crippen molar-refractivity contribution in [3.8, 4) is 0 Å².